The van der Waals surface area contributed by atoms with E-state index in [2.05, 4.69) is 12.2 Å². The summed E-state index contributed by atoms with van der Waals surface area (Å²) in [5, 5.41) is 2.93. The summed E-state index contributed by atoms with van der Waals surface area (Å²) in [7, 11) is 0. The molecule has 3 heteroatoms. The quantitative estimate of drug-likeness (QED) is 0.746. The Kier molecular flexibility index (Phi) is 5.51. The first-order valence-electron chi connectivity index (χ1n) is 6.20. The van der Waals surface area contributed by atoms with Crippen molar-refractivity contribution in [2.75, 3.05) is 6.54 Å². The van der Waals surface area contributed by atoms with Crippen LogP contribution in [-0.4, -0.2) is 19.0 Å². The number of hydrogen-bond donors (Lipinski definition) is 1. The molecule has 0 aromatic rings. The molecule has 1 nitrogen and oxygen atoms in total. The molecule has 1 atom stereocenters. The van der Waals surface area contributed by atoms with Gasteiger partial charge in [0, 0.05) is 0 Å². The van der Waals surface area contributed by atoms with Crippen LogP contribution in [0.15, 0.2) is 0 Å². The molecular formula is C12H23F2N. The van der Waals surface area contributed by atoms with Crippen molar-refractivity contribution in [1.82, 2.24) is 5.32 Å². The summed E-state index contributed by atoms with van der Waals surface area (Å²) in [6.07, 6.45) is 3.20. The number of nitrogens with one attached hydrogen (secondary N) is 1. The van der Waals surface area contributed by atoms with Gasteiger partial charge in [-0.1, -0.05) is 33.1 Å². The van der Waals surface area contributed by atoms with Gasteiger partial charge in [0.1, 0.15) is 0 Å². The zero-order valence-corrected chi connectivity index (χ0v) is 9.81. The minimum absolute atomic E-state index is 0.188. The highest BCUT2D eigenvalue weighted by Gasteiger charge is 2.31. The highest BCUT2D eigenvalue weighted by atomic mass is 19.3. The molecule has 0 aromatic carbocycles. The van der Waals surface area contributed by atoms with E-state index in [1.807, 2.05) is 6.92 Å². The Labute approximate surface area is 91.6 Å². The highest BCUT2D eigenvalue weighted by Crippen LogP contribution is 2.33. The molecular weight excluding hydrogens is 196 g/mol. The first-order valence-corrected chi connectivity index (χ1v) is 6.20. The maximum Gasteiger partial charge on any atom is 0.253 e. The van der Waals surface area contributed by atoms with Gasteiger partial charge in [-0.15, -0.1) is 0 Å². The van der Waals surface area contributed by atoms with Crippen LogP contribution in [0, 0.1) is 11.8 Å². The van der Waals surface area contributed by atoms with E-state index < -0.39 is 12.5 Å². The highest BCUT2D eigenvalue weighted by molar-refractivity contribution is 4.83. The van der Waals surface area contributed by atoms with Crippen LogP contribution in [0.5, 0.6) is 0 Å². The van der Waals surface area contributed by atoms with E-state index in [1.54, 1.807) is 0 Å². The molecule has 0 aliphatic heterocycles. The number of hydrogen-bond acceptors (Lipinski definition) is 1. The standard InChI is InChI=1S/C12H23F2N/c1-3-9-5-7-10(8-6-9)11(12(13)14)15-4-2/h9-12,15H,3-8H2,1-2H3. The number of halogens is 2. The SMILES string of the molecule is CCNC(C(F)F)C1CCC(CC)CC1. The van der Waals surface area contributed by atoms with Crippen molar-refractivity contribution in [3.05, 3.63) is 0 Å². The minimum Gasteiger partial charge on any atom is -0.309 e. The van der Waals surface area contributed by atoms with E-state index in [-0.39, 0.29) is 5.92 Å². The summed E-state index contributed by atoms with van der Waals surface area (Å²) in [4.78, 5) is 0. The molecule has 0 bridgehead atoms. The monoisotopic (exact) mass is 219 g/mol. The molecule has 1 fully saturated rings. The Hall–Kier alpha value is -0.180. The van der Waals surface area contributed by atoms with Crippen LogP contribution in [0.1, 0.15) is 46.0 Å². The maximum atomic E-state index is 12.8. The maximum absolute atomic E-state index is 12.8. The third-order valence-corrected chi connectivity index (χ3v) is 3.69. The second-order valence-electron chi connectivity index (χ2n) is 4.61. The van der Waals surface area contributed by atoms with Gasteiger partial charge in [0.2, 0.25) is 0 Å². The summed E-state index contributed by atoms with van der Waals surface area (Å²) in [6, 6.07) is -0.576. The molecule has 0 saturated heterocycles. The summed E-state index contributed by atoms with van der Waals surface area (Å²) in [6.45, 7) is 4.73. The third-order valence-electron chi connectivity index (χ3n) is 3.69. The summed E-state index contributed by atoms with van der Waals surface area (Å²) in [5.74, 6) is 0.967. The molecule has 0 heterocycles. The molecule has 0 amide bonds. The van der Waals surface area contributed by atoms with E-state index in [0.29, 0.717) is 6.54 Å². The average Bonchev–Trinajstić information content (AvgIpc) is 2.26. The van der Waals surface area contributed by atoms with E-state index in [4.69, 9.17) is 0 Å². The van der Waals surface area contributed by atoms with Crippen LogP contribution < -0.4 is 5.32 Å². The van der Waals surface area contributed by atoms with Crippen molar-refractivity contribution in [1.29, 1.82) is 0 Å². The van der Waals surface area contributed by atoms with Crippen LogP contribution in [-0.2, 0) is 0 Å². The zero-order valence-electron chi connectivity index (χ0n) is 9.81. The molecule has 1 saturated carbocycles. The second-order valence-corrected chi connectivity index (χ2v) is 4.61. The van der Waals surface area contributed by atoms with Gasteiger partial charge in [0.25, 0.3) is 6.43 Å². The van der Waals surface area contributed by atoms with Crippen LogP contribution in [0.4, 0.5) is 8.78 Å². The van der Waals surface area contributed by atoms with Crippen molar-refractivity contribution in [3.8, 4) is 0 Å². The number of alkyl halides is 2. The topological polar surface area (TPSA) is 12.0 Å². The molecule has 0 spiro atoms. The van der Waals surface area contributed by atoms with Gasteiger partial charge in [0.05, 0.1) is 6.04 Å². The van der Waals surface area contributed by atoms with Gasteiger partial charge >= 0.3 is 0 Å². The molecule has 90 valence electrons. The summed E-state index contributed by atoms with van der Waals surface area (Å²) in [5.41, 5.74) is 0. The van der Waals surface area contributed by atoms with Crippen LogP contribution in [0.3, 0.4) is 0 Å². The van der Waals surface area contributed by atoms with Crippen molar-refractivity contribution in [2.45, 2.75) is 58.4 Å². The first kappa shape index (κ1) is 12.9. The molecule has 1 aliphatic carbocycles. The first-order chi connectivity index (χ1) is 7.19. The molecule has 1 unspecified atom stereocenters. The Morgan fingerprint density at radius 1 is 1.13 bits per heavy atom. The lowest BCUT2D eigenvalue weighted by molar-refractivity contribution is 0.0528. The second kappa shape index (κ2) is 6.41. The average molecular weight is 219 g/mol. The smallest absolute Gasteiger partial charge is 0.253 e. The van der Waals surface area contributed by atoms with Gasteiger partial charge in [-0.05, 0) is 31.2 Å². The normalized spacial score (nSPS) is 29.4. The Morgan fingerprint density at radius 2 is 1.73 bits per heavy atom. The van der Waals surface area contributed by atoms with Crippen LogP contribution in [0.2, 0.25) is 0 Å². The van der Waals surface area contributed by atoms with Crippen molar-refractivity contribution in [2.24, 2.45) is 11.8 Å². The van der Waals surface area contributed by atoms with Crippen molar-refractivity contribution >= 4 is 0 Å². The molecule has 1 rings (SSSR count). The molecule has 1 N–H and O–H groups in total. The Balaban J connectivity index is 2.41. The van der Waals surface area contributed by atoms with E-state index in [1.165, 1.54) is 6.42 Å². The fourth-order valence-corrected chi connectivity index (χ4v) is 2.65. The zero-order chi connectivity index (χ0) is 11.3. The molecule has 15 heavy (non-hydrogen) atoms. The van der Waals surface area contributed by atoms with Gasteiger partial charge in [-0.25, -0.2) is 8.78 Å². The van der Waals surface area contributed by atoms with Crippen LogP contribution >= 0.6 is 0 Å². The lowest BCUT2D eigenvalue weighted by atomic mass is 9.77. The molecule has 1 aliphatic rings. The number of rotatable bonds is 5. The lowest BCUT2D eigenvalue weighted by Gasteiger charge is -2.33. The van der Waals surface area contributed by atoms with Gasteiger partial charge in [0.15, 0.2) is 0 Å². The Bertz CT molecular complexity index is 165. The minimum atomic E-state index is -2.21. The summed E-state index contributed by atoms with van der Waals surface area (Å²) < 4.78 is 25.6. The lowest BCUT2D eigenvalue weighted by Crippen LogP contribution is -2.43. The van der Waals surface area contributed by atoms with Gasteiger partial charge in [-0.2, -0.15) is 0 Å². The third kappa shape index (κ3) is 3.71. The Morgan fingerprint density at radius 3 is 2.13 bits per heavy atom. The largest absolute Gasteiger partial charge is 0.309 e. The fourth-order valence-electron chi connectivity index (χ4n) is 2.65. The van der Waals surface area contributed by atoms with E-state index >= 15 is 0 Å². The van der Waals surface area contributed by atoms with Crippen LogP contribution in [0.25, 0.3) is 0 Å². The predicted octanol–water partition coefficient (Wildman–Crippen LogP) is 3.45. The van der Waals surface area contributed by atoms with E-state index in [9.17, 15) is 8.78 Å². The summed E-state index contributed by atoms with van der Waals surface area (Å²) >= 11 is 0. The van der Waals surface area contributed by atoms with Gasteiger partial charge < -0.3 is 5.32 Å². The van der Waals surface area contributed by atoms with Crippen molar-refractivity contribution < 1.29 is 8.78 Å². The van der Waals surface area contributed by atoms with E-state index in [0.717, 1.165) is 31.6 Å². The predicted molar refractivity (Wildman–Crippen MR) is 59.2 cm³/mol. The van der Waals surface area contributed by atoms with Crippen molar-refractivity contribution in [3.63, 3.8) is 0 Å². The van der Waals surface area contributed by atoms with Gasteiger partial charge in [-0.3, -0.25) is 0 Å². The molecule has 0 aromatic heterocycles. The fraction of sp³-hybridized carbons (Fsp3) is 1.00. The molecule has 0 radical (unpaired) electrons.